The highest BCUT2D eigenvalue weighted by atomic mass is 32.1. The zero-order chi connectivity index (χ0) is 23.5. The van der Waals surface area contributed by atoms with Crippen LogP contribution in [-0.2, 0) is 22.1 Å². The van der Waals surface area contributed by atoms with Crippen LogP contribution in [0.3, 0.4) is 0 Å². The molecule has 2 aromatic carbocycles. The Morgan fingerprint density at radius 2 is 1.88 bits per heavy atom. The lowest BCUT2D eigenvalue weighted by molar-refractivity contribution is -0.137. The number of aryl methyl sites for hydroxylation is 1. The maximum Gasteiger partial charge on any atom is 0.416 e. The minimum Gasteiger partial charge on any atom is -0.466 e. The van der Waals surface area contributed by atoms with Gasteiger partial charge in [0.2, 0.25) is 0 Å². The van der Waals surface area contributed by atoms with Crippen molar-refractivity contribution >= 4 is 39.5 Å². The zero-order valence-electron chi connectivity index (χ0n) is 18.4. The fourth-order valence-corrected chi connectivity index (χ4v) is 5.02. The van der Waals surface area contributed by atoms with Gasteiger partial charge < -0.3 is 4.74 Å². The summed E-state index contributed by atoms with van der Waals surface area (Å²) < 4.78 is 44.6. The Bertz CT molecular complexity index is 1180. The number of fused-ring (bicyclic) bond motifs is 1. The molecule has 32 heavy (non-hydrogen) atoms. The molecule has 1 heterocycles. The third-order valence-corrected chi connectivity index (χ3v) is 6.41. The van der Waals surface area contributed by atoms with Gasteiger partial charge >= 0.3 is 12.1 Å². The maximum absolute atomic E-state index is 13.1. The van der Waals surface area contributed by atoms with Crippen LogP contribution in [-0.4, -0.2) is 13.1 Å². The van der Waals surface area contributed by atoms with Gasteiger partial charge in [0.1, 0.15) is 0 Å². The van der Waals surface area contributed by atoms with Crippen LogP contribution in [0.4, 0.5) is 13.2 Å². The first kappa shape index (κ1) is 23.8. The molecule has 0 saturated carbocycles. The summed E-state index contributed by atoms with van der Waals surface area (Å²) in [5.74, 6) is -0.188. The van der Waals surface area contributed by atoms with Crippen molar-refractivity contribution in [3.05, 3.63) is 81.2 Å². The van der Waals surface area contributed by atoms with E-state index in [0.29, 0.717) is 11.1 Å². The van der Waals surface area contributed by atoms with Crippen LogP contribution < -0.4 is 0 Å². The van der Waals surface area contributed by atoms with Gasteiger partial charge in [-0.25, -0.2) is 4.79 Å². The number of thiophene rings is 1. The first-order valence-electron chi connectivity index (χ1n) is 10.3. The van der Waals surface area contributed by atoms with Gasteiger partial charge in [-0.15, -0.1) is 11.3 Å². The SMILES string of the molecule is COC(=O)C=Cc1ccc(C=CCc2sc3cc(C(F)(F)F)ccc3c2C(C)C)cc1C. The minimum atomic E-state index is -4.34. The molecule has 0 bridgehead atoms. The predicted octanol–water partition coefficient (Wildman–Crippen LogP) is 7.79. The Hall–Kier alpha value is -2.86. The number of alkyl halides is 3. The van der Waals surface area contributed by atoms with E-state index in [1.165, 1.54) is 36.7 Å². The highest BCUT2D eigenvalue weighted by molar-refractivity contribution is 7.19. The first-order chi connectivity index (χ1) is 15.1. The smallest absolute Gasteiger partial charge is 0.416 e. The van der Waals surface area contributed by atoms with Gasteiger partial charge in [-0.2, -0.15) is 13.2 Å². The molecule has 0 unspecified atom stereocenters. The van der Waals surface area contributed by atoms with E-state index in [-0.39, 0.29) is 5.92 Å². The van der Waals surface area contributed by atoms with E-state index < -0.39 is 17.7 Å². The number of esters is 1. The molecular weight excluding hydrogens is 433 g/mol. The second-order valence-electron chi connectivity index (χ2n) is 7.88. The lowest BCUT2D eigenvalue weighted by Crippen LogP contribution is -2.03. The molecule has 1 aromatic heterocycles. The predicted molar refractivity (Wildman–Crippen MR) is 126 cm³/mol. The number of methoxy groups -OCH3 is 1. The van der Waals surface area contributed by atoms with E-state index >= 15 is 0 Å². The number of hydrogen-bond acceptors (Lipinski definition) is 3. The number of carbonyl (C=O) groups excluding carboxylic acids is 1. The molecule has 0 aliphatic carbocycles. The van der Waals surface area contributed by atoms with Crippen molar-refractivity contribution in [2.75, 3.05) is 7.11 Å². The van der Waals surface area contributed by atoms with Crippen LogP contribution in [0.25, 0.3) is 22.2 Å². The van der Waals surface area contributed by atoms with Crippen molar-refractivity contribution in [1.29, 1.82) is 0 Å². The Labute approximate surface area is 190 Å². The number of halogens is 3. The molecule has 0 aliphatic rings. The van der Waals surface area contributed by atoms with Crippen LogP contribution in [0.1, 0.15) is 52.5 Å². The van der Waals surface area contributed by atoms with Crippen LogP contribution in [0.2, 0.25) is 0 Å². The van der Waals surface area contributed by atoms with Crippen molar-refractivity contribution in [3.8, 4) is 0 Å². The van der Waals surface area contributed by atoms with Crippen LogP contribution in [0.5, 0.6) is 0 Å². The van der Waals surface area contributed by atoms with Crippen molar-refractivity contribution in [1.82, 2.24) is 0 Å². The molecular formula is C26H25F3O2S. The summed E-state index contributed by atoms with van der Waals surface area (Å²) in [5.41, 5.74) is 3.48. The van der Waals surface area contributed by atoms with E-state index in [1.807, 2.05) is 37.3 Å². The second kappa shape index (κ2) is 9.74. The second-order valence-corrected chi connectivity index (χ2v) is 9.02. The summed E-state index contributed by atoms with van der Waals surface area (Å²) >= 11 is 1.43. The number of ether oxygens (including phenoxy) is 1. The van der Waals surface area contributed by atoms with E-state index in [0.717, 1.165) is 32.5 Å². The van der Waals surface area contributed by atoms with Crippen molar-refractivity contribution in [2.45, 2.75) is 39.3 Å². The summed E-state index contributed by atoms with van der Waals surface area (Å²) in [7, 11) is 1.34. The number of hydrogen-bond donors (Lipinski definition) is 0. The monoisotopic (exact) mass is 458 g/mol. The molecule has 3 rings (SSSR count). The van der Waals surface area contributed by atoms with Gasteiger partial charge in [-0.05, 0) is 58.7 Å². The normalized spacial score (nSPS) is 12.5. The third-order valence-electron chi connectivity index (χ3n) is 5.22. The van der Waals surface area contributed by atoms with Crippen LogP contribution >= 0.6 is 11.3 Å². The summed E-state index contributed by atoms with van der Waals surface area (Å²) in [4.78, 5) is 12.4. The molecule has 0 atom stereocenters. The fourth-order valence-electron chi connectivity index (χ4n) is 3.65. The zero-order valence-corrected chi connectivity index (χ0v) is 19.2. The molecule has 168 valence electrons. The van der Waals surface area contributed by atoms with Gasteiger partial charge in [0.25, 0.3) is 0 Å². The fraction of sp³-hybridized carbons (Fsp3) is 0.269. The molecule has 0 radical (unpaired) electrons. The number of allylic oxidation sites excluding steroid dienone is 1. The molecule has 0 spiro atoms. The summed E-state index contributed by atoms with van der Waals surface area (Å²) in [6.07, 6.45) is 3.47. The average Bonchev–Trinajstić information content (AvgIpc) is 3.10. The van der Waals surface area contributed by atoms with Crippen molar-refractivity contribution < 1.29 is 22.7 Å². The standard InChI is InChI=1S/C26H25F3O2S/c1-16(2)25-21-12-11-20(26(27,28)29)15-23(21)32-22(25)7-5-6-18-8-9-19(17(3)14-18)10-13-24(30)31-4/h5-6,8-16H,7H2,1-4H3. The van der Waals surface area contributed by atoms with Crippen LogP contribution in [0.15, 0.2) is 48.6 Å². The minimum absolute atomic E-state index is 0.215. The molecule has 2 nitrogen and oxygen atoms in total. The van der Waals surface area contributed by atoms with E-state index in [2.05, 4.69) is 18.6 Å². The Kier molecular flexibility index (Phi) is 7.24. The molecule has 0 saturated heterocycles. The highest BCUT2D eigenvalue weighted by Crippen LogP contribution is 2.40. The molecule has 0 amide bonds. The molecule has 0 aliphatic heterocycles. The third kappa shape index (κ3) is 5.49. The van der Waals surface area contributed by atoms with Crippen molar-refractivity contribution in [2.24, 2.45) is 0 Å². The first-order valence-corrected chi connectivity index (χ1v) is 11.1. The number of rotatable bonds is 6. The quantitative estimate of drug-likeness (QED) is 0.278. The molecule has 0 fully saturated rings. The van der Waals surface area contributed by atoms with Gasteiger partial charge in [-0.1, -0.05) is 50.3 Å². The Balaban J connectivity index is 1.83. The summed E-state index contributed by atoms with van der Waals surface area (Å²) in [6, 6.07) is 9.94. The Morgan fingerprint density at radius 3 is 2.50 bits per heavy atom. The largest absolute Gasteiger partial charge is 0.466 e. The van der Waals surface area contributed by atoms with Crippen molar-refractivity contribution in [3.63, 3.8) is 0 Å². The Morgan fingerprint density at radius 1 is 1.12 bits per heavy atom. The highest BCUT2D eigenvalue weighted by Gasteiger charge is 2.31. The van der Waals surface area contributed by atoms with Gasteiger partial charge in [0.05, 0.1) is 12.7 Å². The number of benzene rings is 2. The molecule has 6 heteroatoms. The van der Waals surface area contributed by atoms with Crippen LogP contribution in [0, 0.1) is 6.92 Å². The lowest BCUT2D eigenvalue weighted by atomic mass is 9.97. The maximum atomic E-state index is 13.1. The molecule has 0 N–H and O–H groups in total. The summed E-state index contributed by atoms with van der Waals surface area (Å²) in [6.45, 7) is 6.10. The average molecular weight is 459 g/mol. The summed E-state index contributed by atoms with van der Waals surface area (Å²) in [5, 5.41) is 0.902. The molecule has 3 aromatic rings. The van der Waals surface area contributed by atoms with E-state index in [4.69, 9.17) is 0 Å². The topological polar surface area (TPSA) is 26.3 Å². The lowest BCUT2D eigenvalue weighted by Gasteiger charge is -2.08. The van der Waals surface area contributed by atoms with E-state index in [1.54, 1.807) is 12.1 Å². The van der Waals surface area contributed by atoms with Gasteiger partial charge in [-0.3, -0.25) is 0 Å². The van der Waals surface area contributed by atoms with E-state index in [9.17, 15) is 18.0 Å². The number of carbonyl (C=O) groups is 1. The van der Waals surface area contributed by atoms with Gasteiger partial charge in [0, 0.05) is 22.1 Å². The van der Waals surface area contributed by atoms with Gasteiger partial charge in [0.15, 0.2) is 0 Å².